The number of nitrogens with zero attached hydrogens (tertiary/aromatic N) is 5. The Balaban J connectivity index is 1.32. The molecule has 0 saturated heterocycles. The summed E-state index contributed by atoms with van der Waals surface area (Å²) in [6.45, 7) is 6.20. The maximum absolute atomic E-state index is 12.0. The van der Waals surface area contributed by atoms with Gasteiger partial charge in [-0.05, 0) is 64.7 Å². The number of amides is 1. The third-order valence-electron chi connectivity index (χ3n) is 5.66. The molecule has 170 valence electrons. The minimum absolute atomic E-state index is 0.178. The number of nitrogens with one attached hydrogen (secondary N) is 1. The predicted octanol–water partition coefficient (Wildman–Crippen LogP) is 3.97. The first kappa shape index (κ1) is 22.6. The van der Waals surface area contributed by atoms with Crippen LogP contribution in [0.4, 0.5) is 4.79 Å². The minimum Gasteiger partial charge on any atom is -0.444 e. The van der Waals surface area contributed by atoms with Gasteiger partial charge in [0.15, 0.2) is 5.16 Å². The zero-order valence-electron chi connectivity index (χ0n) is 19.1. The third kappa shape index (κ3) is 5.62. The second kappa shape index (κ2) is 9.52. The van der Waals surface area contributed by atoms with Crippen LogP contribution >= 0.6 is 11.8 Å². The van der Waals surface area contributed by atoms with Crippen molar-refractivity contribution in [2.75, 3.05) is 6.26 Å². The van der Waals surface area contributed by atoms with Gasteiger partial charge in [0.1, 0.15) is 11.4 Å². The van der Waals surface area contributed by atoms with E-state index < -0.39 is 5.60 Å². The number of rotatable bonds is 5. The van der Waals surface area contributed by atoms with Crippen LogP contribution in [0.1, 0.15) is 69.2 Å². The summed E-state index contributed by atoms with van der Waals surface area (Å²) in [6, 6.07) is 2.06. The van der Waals surface area contributed by atoms with Crippen molar-refractivity contribution in [3.05, 3.63) is 41.2 Å². The molecule has 1 aliphatic heterocycles. The number of aliphatic imine (C=N–C) groups is 1. The van der Waals surface area contributed by atoms with Crippen LogP contribution in [-0.2, 0) is 17.7 Å². The molecule has 0 radical (unpaired) electrons. The van der Waals surface area contributed by atoms with Gasteiger partial charge >= 0.3 is 6.09 Å². The monoisotopic (exact) mass is 454 g/mol. The summed E-state index contributed by atoms with van der Waals surface area (Å²) in [4.78, 5) is 34.9. The van der Waals surface area contributed by atoms with Gasteiger partial charge in [0.05, 0.1) is 23.6 Å². The van der Waals surface area contributed by atoms with Gasteiger partial charge in [-0.2, -0.15) is 0 Å². The molecule has 8 nitrogen and oxygen atoms in total. The number of ether oxygens (including phenoxy) is 1. The maximum Gasteiger partial charge on any atom is 0.407 e. The van der Waals surface area contributed by atoms with E-state index in [0.717, 1.165) is 65.7 Å². The van der Waals surface area contributed by atoms with Gasteiger partial charge < -0.3 is 10.1 Å². The average Bonchev–Trinajstić information content (AvgIpc) is 3.17. The maximum atomic E-state index is 12.0. The Kier molecular flexibility index (Phi) is 6.74. The van der Waals surface area contributed by atoms with Gasteiger partial charge in [-0.1, -0.05) is 11.8 Å². The van der Waals surface area contributed by atoms with E-state index in [1.165, 1.54) is 11.8 Å². The minimum atomic E-state index is -0.472. The molecule has 0 spiro atoms. The van der Waals surface area contributed by atoms with Crippen molar-refractivity contribution in [2.45, 2.75) is 76.2 Å². The van der Waals surface area contributed by atoms with Crippen LogP contribution in [0, 0.1) is 5.92 Å². The number of fused-ring (bicyclic) bond motifs is 1. The van der Waals surface area contributed by atoms with Gasteiger partial charge in [0.2, 0.25) is 0 Å². The summed E-state index contributed by atoms with van der Waals surface area (Å²) in [5, 5.41) is 3.73. The summed E-state index contributed by atoms with van der Waals surface area (Å²) in [5.74, 6) is 1.40. The van der Waals surface area contributed by atoms with Crippen LogP contribution in [0.3, 0.4) is 0 Å². The van der Waals surface area contributed by atoms with Gasteiger partial charge in [0, 0.05) is 30.4 Å². The summed E-state index contributed by atoms with van der Waals surface area (Å²) < 4.78 is 5.37. The molecule has 2 aliphatic rings. The Labute approximate surface area is 193 Å². The van der Waals surface area contributed by atoms with Gasteiger partial charge in [0.25, 0.3) is 0 Å². The molecule has 4 rings (SSSR count). The van der Waals surface area contributed by atoms with E-state index in [-0.39, 0.29) is 12.1 Å². The molecule has 1 aliphatic carbocycles. The lowest BCUT2D eigenvalue weighted by atomic mass is 9.84. The lowest BCUT2D eigenvalue weighted by Crippen LogP contribution is -2.41. The van der Waals surface area contributed by atoms with Crippen LogP contribution in [0.15, 0.2) is 28.6 Å². The zero-order chi connectivity index (χ0) is 22.7. The van der Waals surface area contributed by atoms with Crippen molar-refractivity contribution in [1.82, 2.24) is 25.3 Å². The van der Waals surface area contributed by atoms with Gasteiger partial charge in [-0.3, -0.25) is 4.99 Å². The Morgan fingerprint density at radius 1 is 1.19 bits per heavy atom. The molecule has 9 heteroatoms. The van der Waals surface area contributed by atoms with Crippen molar-refractivity contribution in [1.29, 1.82) is 0 Å². The first-order valence-electron chi connectivity index (χ1n) is 11.1. The van der Waals surface area contributed by atoms with Crippen molar-refractivity contribution >= 4 is 23.6 Å². The Morgan fingerprint density at radius 2 is 1.97 bits per heavy atom. The first-order chi connectivity index (χ1) is 15.3. The first-order valence-corrected chi connectivity index (χ1v) is 12.3. The molecule has 32 heavy (non-hydrogen) atoms. The molecule has 0 atom stereocenters. The number of alkyl carbamates (subject to hydrolysis) is 1. The van der Waals surface area contributed by atoms with Gasteiger partial charge in [-0.25, -0.2) is 24.7 Å². The SMILES string of the molecule is CSc1nccc(C2=NCc3nc(CC4CCC(NC(=O)OC(C)(C)C)CC4)ncc32)n1. The number of thioether (sulfide) groups is 1. The van der Waals surface area contributed by atoms with Gasteiger partial charge in [-0.15, -0.1) is 0 Å². The van der Waals surface area contributed by atoms with Crippen LogP contribution in [-0.4, -0.2) is 49.6 Å². The topological polar surface area (TPSA) is 102 Å². The average molecular weight is 455 g/mol. The highest BCUT2D eigenvalue weighted by Crippen LogP contribution is 2.28. The summed E-state index contributed by atoms with van der Waals surface area (Å²) >= 11 is 1.51. The van der Waals surface area contributed by atoms with E-state index in [4.69, 9.17) is 9.72 Å². The van der Waals surface area contributed by atoms with E-state index in [0.29, 0.717) is 12.5 Å². The van der Waals surface area contributed by atoms with Crippen molar-refractivity contribution in [2.24, 2.45) is 10.9 Å². The fourth-order valence-corrected chi connectivity index (χ4v) is 4.50. The summed E-state index contributed by atoms with van der Waals surface area (Å²) in [6.07, 6.45) is 10.1. The Bertz CT molecular complexity index is 1010. The molecule has 1 saturated carbocycles. The molecule has 0 unspecified atom stereocenters. The zero-order valence-corrected chi connectivity index (χ0v) is 19.9. The highest BCUT2D eigenvalue weighted by molar-refractivity contribution is 7.98. The second-order valence-electron chi connectivity index (χ2n) is 9.31. The molecule has 0 bridgehead atoms. The smallest absolute Gasteiger partial charge is 0.407 e. The molecule has 2 aromatic heterocycles. The summed E-state index contributed by atoms with van der Waals surface area (Å²) in [5.41, 5.74) is 3.12. The summed E-state index contributed by atoms with van der Waals surface area (Å²) in [7, 11) is 0. The number of carbonyl (C=O) groups excluding carboxylic acids is 1. The lowest BCUT2D eigenvalue weighted by Gasteiger charge is -2.29. The van der Waals surface area contributed by atoms with E-state index in [1.807, 2.05) is 39.3 Å². The third-order valence-corrected chi connectivity index (χ3v) is 6.22. The van der Waals surface area contributed by atoms with Crippen LogP contribution in [0.25, 0.3) is 0 Å². The molecular weight excluding hydrogens is 424 g/mol. The highest BCUT2D eigenvalue weighted by Gasteiger charge is 2.26. The molecule has 2 aromatic rings. The normalized spacial score (nSPS) is 20.4. The Morgan fingerprint density at radius 3 is 2.69 bits per heavy atom. The van der Waals surface area contributed by atoms with Crippen LogP contribution in [0.5, 0.6) is 0 Å². The van der Waals surface area contributed by atoms with Crippen molar-refractivity contribution in [3.8, 4) is 0 Å². The fraction of sp³-hybridized carbons (Fsp3) is 0.565. The van der Waals surface area contributed by atoms with E-state index in [1.54, 1.807) is 6.20 Å². The fourth-order valence-electron chi connectivity index (χ4n) is 4.15. The van der Waals surface area contributed by atoms with E-state index >= 15 is 0 Å². The molecule has 0 aromatic carbocycles. The van der Waals surface area contributed by atoms with Crippen LogP contribution in [0.2, 0.25) is 0 Å². The lowest BCUT2D eigenvalue weighted by molar-refractivity contribution is 0.0487. The highest BCUT2D eigenvalue weighted by atomic mass is 32.2. The molecule has 3 heterocycles. The number of hydrogen-bond donors (Lipinski definition) is 1. The second-order valence-corrected chi connectivity index (χ2v) is 10.1. The largest absolute Gasteiger partial charge is 0.444 e. The van der Waals surface area contributed by atoms with E-state index in [9.17, 15) is 4.79 Å². The number of aromatic nitrogens is 4. The standard InChI is InChI=1S/C23H30N6O2S/c1-23(2,3)31-22(30)27-15-7-5-14(6-8-15)11-19-25-12-16-18(28-19)13-26-20(16)17-9-10-24-21(29-17)32-4/h9-10,12,14-15H,5-8,11,13H2,1-4H3,(H,27,30). The molecule has 1 N–H and O–H groups in total. The van der Waals surface area contributed by atoms with Crippen molar-refractivity contribution < 1.29 is 9.53 Å². The molecule has 1 fully saturated rings. The number of hydrogen-bond acceptors (Lipinski definition) is 8. The quantitative estimate of drug-likeness (QED) is 0.539. The predicted molar refractivity (Wildman–Crippen MR) is 124 cm³/mol. The molecular formula is C23H30N6O2S. The molecule has 1 amide bonds. The van der Waals surface area contributed by atoms with Crippen LogP contribution < -0.4 is 5.32 Å². The number of carbonyl (C=O) groups is 1. The van der Waals surface area contributed by atoms with Crippen molar-refractivity contribution in [3.63, 3.8) is 0 Å². The Hall–Kier alpha value is -2.55. The van der Waals surface area contributed by atoms with E-state index in [2.05, 4.69) is 25.3 Å².